The predicted octanol–water partition coefficient (Wildman–Crippen LogP) is 4.89. The van der Waals surface area contributed by atoms with Crippen molar-refractivity contribution in [2.75, 3.05) is 11.9 Å². The maximum atomic E-state index is 13.3. The first-order valence-corrected chi connectivity index (χ1v) is 8.26. The molecule has 0 bridgehead atoms. The molecule has 1 aliphatic carbocycles. The zero-order chi connectivity index (χ0) is 18.0. The molecule has 3 rings (SSSR count). The summed E-state index contributed by atoms with van der Waals surface area (Å²) in [4.78, 5) is 9.63. The van der Waals surface area contributed by atoms with Crippen molar-refractivity contribution in [1.82, 2.24) is 9.97 Å². The number of aryl methyl sites for hydroxylation is 1. The molecular weight excluding hydrogens is 331 g/mol. The molecule has 25 heavy (non-hydrogen) atoms. The number of alkyl halides is 3. The lowest BCUT2D eigenvalue weighted by atomic mass is 10.2. The van der Waals surface area contributed by atoms with Gasteiger partial charge >= 0.3 is 6.18 Å². The van der Waals surface area contributed by atoms with Gasteiger partial charge in [0.15, 0.2) is 0 Å². The number of hydrogen-bond acceptors (Lipinski definition) is 4. The molecule has 1 aromatic heterocycles. The smallest absolute Gasteiger partial charge is 0.423 e. The topological polar surface area (TPSA) is 38.2 Å². The van der Waals surface area contributed by atoms with Crippen LogP contribution < -0.4 is 9.64 Å². The average molecular weight is 351 g/mol. The van der Waals surface area contributed by atoms with E-state index in [-0.39, 0.29) is 17.9 Å². The van der Waals surface area contributed by atoms with Crippen LogP contribution in [0, 0.1) is 6.92 Å². The molecule has 1 fully saturated rings. The van der Waals surface area contributed by atoms with Crippen molar-refractivity contribution in [1.29, 1.82) is 0 Å². The molecule has 0 N–H and O–H groups in total. The van der Waals surface area contributed by atoms with E-state index < -0.39 is 11.7 Å². The Hall–Kier alpha value is -2.31. The van der Waals surface area contributed by atoms with E-state index >= 15 is 0 Å². The number of aromatic nitrogens is 2. The first-order chi connectivity index (χ1) is 11.8. The number of halogens is 3. The summed E-state index contributed by atoms with van der Waals surface area (Å²) in [5.74, 6) is -0.212. The van der Waals surface area contributed by atoms with Crippen LogP contribution in [0.5, 0.6) is 5.88 Å². The van der Waals surface area contributed by atoms with Gasteiger partial charge in [-0.2, -0.15) is 18.2 Å². The maximum absolute atomic E-state index is 13.3. The van der Waals surface area contributed by atoms with E-state index in [0.29, 0.717) is 0 Å². The van der Waals surface area contributed by atoms with E-state index in [1.807, 2.05) is 31.2 Å². The van der Waals surface area contributed by atoms with Crippen molar-refractivity contribution in [3.8, 4) is 5.88 Å². The Balaban J connectivity index is 1.94. The Morgan fingerprint density at radius 3 is 2.56 bits per heavy atom. The lowest BCUT2D eigenvalue weighted by Crippen LogP contribution is -2.20. The predicted molar refractivity (Wildman–Crippen MR) is 89.2 cm³/mol. The van der Waals surface area contributed by atoms with Crippen LogP contribution in [0.1, 0.15) is 36.8 Å². The third kappa shape index (κ3) is 4.03. The van der Waals surface area contributed by atoms with Crippen molar-refractivity contribution in [2.45, 2.75) is 44.9 Å². The molecule has 0 atom stereocenters. The molecule has 1 heterocycles. The van der Waals surface area contributed by atoms with Gasteiger partial charge in [0, 0.05) is 18.9 Å². The van der Waals surface area contributed by atoms with Crippen LogP contribution in [0.15, 0.2) is 30.5 Å². The van der Waals surface area contributed by atoms with Crippen LogP contribution in [0.25, 0.3) is 0 Å². The van der Waals surface area contributed by atoms with Crippen molar-refractivity contribution in [3.05, 3.63) is 41.6 Å². The van der Waals surface area contributed by atoms with E-state index in [1.54, 1.807) is 11.9 Å². The SMILES string of the molecule is Cc1cccc(N(C)c2ncc(C(F)(F)F)c(OC3CCCC3)n2)c1. The highest BCUT2D eigenvalue weighted by molar-refractivity contribution is 5.57. The van der Waals surface area contributed by atoms with Gasteiger partial charge in [-0.1, -0.05) is 12.1 Å². The molecule has 0 aliphatic heterocycles. The van der Waals surface area contributed by atoms with Gasteiger partial charge in [-0.25, -0.2) is 4.98 Å². The van der Waals surface area contributed by atoms with E-state index in [2.05, 4.69) is 9.97 Å². The second kappa shape index (κ2) is 6.90. The average Bonchev–Trinajstić information content (AvgIpc) is 3.06. The van der Waals surface area contributed by atoms with Gasteiger partial charge in [-0.15, -0.1) is 0 Å². The second-order valence-corrected chi connectivity index (χ2v) is 6.31. The zero-order valence-corrected chi connectivity index (χ0v) is 14.2. The van der Waals surface area contributed by atoms with Gasteiger partial charge in [0.25, 0.3) is 0 Å². The van der Waals surface area contributed by atoms with Crippen LogP contribution in [0.3, 0.4) is 0 Å². The normalized spacial score (nSPS) is 15.4. The molecule has 0 radical (unpaired) electrons. The summed E-state index contributed by atoms with van der Waals surface area (Å²) in [6.07, 6.45) is -0.518. The van der Waals surface area contributed by atoms with Gasteiger partial charge in [-0.05, 0) is 50.3 Å². The van der Waals surface area contributed by atoms with Crippen molar-refractivity contribution in [2.24, 2.45) is 0 Å². The first kappa shape index (κ1) is 17.5. The van der Waals surface area contributed by atoms with E-state index in [9.17, 15) is 13.2 Å². The Labute approximate surface area is 144 Å². The number of ether oxygens (including phenoxy) is 1. The molecule has 7 heteroatoms. The number of nitrogens with zero attached hydrogens (tertiary/aromatic N) is 3. The lowest BCUT2D eigenvalue weighted by molar-refractivity contribution is -0.139. The van der Waals surface area contributed by atoms with Crippen LogP contribution >= 0.6 is 0 Å². The minimum atomic E-state index is -4.55. The monoisotopic (exact) mass is 351 g/mol. The van der Waals surface area contributed by atoms with Gasteiger partial charge in [0.2, 0.25) is 11.8 Å². The highest BCUT2D eigenvalue weighted by atomic mass is 19.4. The molecule has 0 unspecified atom stereocenters. The summed E-state index contributed by atoms with van der Waals surface area (Å²) in [5.41, 5.74) is 0.908. The molecule has 1 saturated carbocycles. The van der Waals surface area contributed by atoms with Gasteiger partial charge in [-0.3, -0.25) is 0 Å². The fourth-order valence-corrected chi connectivity index (χ4v) is 2.92. The molecule has 2 aromatic rings. The van der Waals surface area contributed by atoms with Crippen molar-refractivity contribution < 1.29 is 17.9 Å². The van der Waals surface area contributed by atoms with E-state index in [0.717, 1.165) is 43.1 Å². The summed E-state index contributed by atoms with van der Waals surface area (Å²) in [6.45, 7) is 1.94. The molecule has 0 saturated heterocycles. The molecule has 4 nitrogen and oxygen atoms in total. The third-order valence-corrected chi connectivity index (χ3v) is 4.32. The summed E-state index contributed by atoms with van der Waals surface area (Å²) >= 11 is 0. The van der Waals surface area contributed by atoms with Crippen LogP contribution in [-0.2, 0) is 6.18 Å². The number of hydrogen-bond donors (Lipinski definition) is 0. The quantitative estimate of drug-likeness (QED) is 0.786. The molecule has 0 amide bonds. The standard InChI is InChI=1S/C18H20F3N3O/c1-12-6-5-7-13(10-12)24(2)17-22-11-15(18(19,20)21)16(23-17)25-14-8-3-4-9-14/h5-7,10-11,14H,3-4,8-9H2,1-2H3. The Bertz CT molecular complexity index is 743. The minimum absolute atomic E-state index is 0.173. The highest BCUT2D eigenvalue weighted by Gasteiger charge is 2.37. The Morgan fingerprint density at radius 2 is 1.92 bits per heavy atom. The Morgan fingerprint density at radius 1 is 1.20 bits per heavy atom. The lowest BCUT2D eigenvalue weighted by Gasteiger charge is -2.21. The second-order valence-electron chi connectivity index (χ2n) is 6.31. The number of benzene rings is 1. The van der Waals surface area contributed by atoms with E-state index in [4.69, 9.17) is 4.74 Å². The van der Waals surface area contributed by atoms with Crippen molar-refractivity contribution in [3.63, 3.8) is 0 Å². The molecule has 1 aliphatic rings. The van der Waals surface area contributed by atoms with Crippen LogP contribution in [-0.4, -0.2) is 23.1 Å². The Kier molecular flexibility index (Phi) is 4.83. The number of anilines is 2. The fourth-order valence-electron chi connectivity index (χ4n) is 2.92. The fraction of sp³-hybridized carbons (Fsp3) is 0.444. The largest absolute Gasteiger partial charge is 0.474 e. The van der Waals surface area contributed by atoms with Crippen molar-refractivity contribution >= 4 is 11.6 Å². The molecule has 0 spiro atoms. The van der Waals surface area contributed by atoms with E-state index in [1.165, 1.54) is 0 Å². The summed E-state index contributed by atoms with van der Waals surface area (Å²) < 4.78 is 45.4. The summed E-state index contributed by atoms with van der Waals surface area (Å²) in [7, 11) is 1.72. The minimum Gasteiger partial charge on any atom is -0.474 e. The maximum Gasteiger partial charge on any atom is 0.423 e. The van der Waals surface area contributed by atoms with Crippen LogP contribution in [0.4, 0.5) is 24.8 Å². The molecular formula is C18H20F3N3O. The summed E-state index contributed by atoms with van der Waals surface area (Å²) in [6, 6.07) is 7.59. The van der Waals surface area contributed by atoms with Gasteiger partial charge in [0.1, 0.15) is 11.7 Å². The van der Waals surface area contributed by atoms with Gasteiger partial charge in [0.05, 0.1) is 0 Å². The highest BCUT2D eigenvalue weighted by Crippen LogP contribution is 2.37. The number of rotatable bonds is 4. The molecule has 134 valence electrons. The molecule has 1 aromatic carbocycles. The zero-order valence-electron chi connectivity index (χ0n) is 14.2. The van der Waals surface area contributed by atoms with Gasteiger partial charge < -0.3 is 9.64 Å². The third-order valence-electron chi connectivity index (χ3n) is 4.32. The summed E-state index contributed by atoms with van der Waals surface area (Å²) in [5, 5.41) is 0. The van der Waals surface area contributed by atoms with Crippen LogP contribution in [0.2, 0.25) is 0 Å². The first-order valence-electron chi connectivity index (χ1n) is 8.26.